The van der Waals surface area contributed by atoms with Gasteiger partial charge < -0.3 is 24.8 Å². The Morgan fingerprint density at radius 2 is 1.70 bits per heavy atom. The van der Waals surface area contributed by atoms with E-state index in [0.717, 1.165) is 16.7 Å². The number of aryl methyl sites for hydroxylation is 1. The van der Waals surface area contributed by atoms with Crippen molar-refractivity contribution in [2.75, 3.05) is 33.3 Å². The van der Waals surface area contributed by atoms with E-state index < -0.39 is 12.0 Å². The molecule has 1 aliphatic heterocycles. The number of methoxy groups -OCH3 is 1. The molecule has 7 nitrogen and oxygen atoms in total. The van der Waals surface area contributed by atoms with Crippen LogP contribution in [0.15, 0.2) is 24.3 Å². The number of ether oxygens (including phenoxy) is 1. The van der Waals surface area contributed by atoms with Gasteiger partial charge in [-0.1, -0.05) is 0 Å². The van der Waals surface area contributed by atoms with Crippen LogP contribution in [0, 0.1) is 5.92 Å². The molecular weight excluding hydrogens is 454 g/mol. The third-order valence-corrected chi connectivity index (χ3v) is 6.91. The number of piperazine rings is 1. The van der Waals surface area contributed by atoms with E-state index in [1.807, 2.05) is 35.9 Å². The molecule has 1 atom stereocenters. The predicted octanol–water partition coefficient (Wildman–Crippen LogP) is 3.05. The highest BCUT2D eigenvalue weighted by Crippen LogP contribution is 2.37. The molecule has 33 heavy (non-hydrogen) atoms. The average Bonchev–Trinajstić information content (AvgIpc) is 3.13. The van der Waals surface area contributed by atoms with Crippen molar-refractivity contribution in [2.45, 2.75) is 37.6 Å². The molecule has 2 N–H and O–H groups in total. The number of hydrogen-bond donors (Lipinski definition) is 1. The Bertz CT molecular complexity index is 1010. The number of amides is 2. The standard InChI is InChI=1S/C23H30F2N4O3.ClH/c1-27-18-14-17(32-2)4-3-16(18)13-19(27)21(30)28-9-11-29(12-10-28)22(31)20(26)15-5-7-23(24,25)8-6-15;/h3-4,13-15,20H,5-12,26H2,1-2H3;1H/t20-;/m0./s1. The molecule has 182 valence electrons. The molecule has 0 radical (unpaired) electrons. The van der Waals surface area contributed by atoms with E-state index in [-0.39, 0.29) is 55.8 Å². The second-order valence-corrected chi connectivity index (χ2v) is 8.85. The van der Waals surface area contributed by atoms with Crippen molar-refractivity contribution >= 4 is 35.1 Å². The zero-order chi connectivity index (χ0) is 23.0. The van der Waals surface area contributed by atoms with Crippen LogP contribution in [0.5, 0.6) is 5.75 Å². The van der Waals surface area contributed by atoms with Gasteiger partial charge in [-0.3, -0.25) is 9.59 Å². The summed E-state index contributed by atoms with van der Waals surface area (Å²) in [5, 5.41) is 0.953. The maximum Gasteiger partial charge on any atom is 0.270 e. The van der Waals surface area contributed by atoms with Gasteiger partial charge in [-0.05, 0) is 37.0 Å². The van der Waals surface area contributed by atoms with E-state index in [4.69, 9.17) is 10.5 Å². The molecule has 10 heteroatoms. The first-order valence-corrected chi connectivity index (χ1v) is 11.0. The third kappa shape index (κ3) is 5.09. The van der Waals surface area contributed by atoms with Crippen LogP contribution in [0.3, 0.4) is 0 Å². The van der Waals surface area contributed by atoms with Crippen molar-refractivity contribution in [1.82, 2.24) is 14.4 Å². The van der Waals surface area contributed by atoms with E-state index in [9.17, 15) is 18.4 Å². The summed E-state index contributed by atoms with van der Waals surface area (Å²) in [6, 6.07) is 6.78. The molecule has 2 heterocycles. The lowest BCUT2D eigenvalue weighted by molar-refractivity contribution is -0.136. The topological polar surface area (TPSA) is 80.8 Å². The maximum absolute atomic E-state index is 13.4. The molecule has 1 saturated heterocycles. The lowest BCUT2D eigenvalue weighted by atomic mass is 9.82. The van der Waals surface area contributed by atoms with Gasteiger partial charge in [-0.15, -0.1) is 12.4 Å². The Morgan fingerprint density at radius 3 is 2.30 bits per heavy atom. The van der Waals surface area contributed by atoms with Gasteiger partial charge in [0, 0.05) is 57.5 Å². The van der Waals surface area contributed by atoms with Gasteiger partial charge >= 0.3 is 0 Å². The highest BCUT2D eigenvalue weighted by atomic mass is 35.5. The fraction of sp³-hybridized carbons (Fsp3) is 0.565. The minimum absolute atomic E-state index is 0. The first-order valence-electron chi connectivity index (χ1n) is 11.0. The number of hydrogen-bond acceptors (Lipinski definition) is 4. The summed E-state index contributed by atoms with van der Waals surface area (Å²) in [6.45, 7) is 1.59. The molecule has 1 aliphatic carbocycles. The van der Waals surface area contributed by atoms with Gasteiger partial charge in [-0.2, -0.15) is 0 Å². The zero-order valence-electron chi connectivity index (χ0n) is 18.9. The van der Waals surface area contributed by atoms with E-state index in [1.165, 1.54) is 0 Å². The summed E-state index contributed by atoms with van der Waals surface area (Å²) in [5.74, 6) is -2.42. The van der Waals surface area contributed by atoms with Gasteiger partial charge in [0.1, 0.15) is 11.4 Å². The van der Waals surface area contributed by atoms with Crippen molar-refractivity contribution in [3.8, 4) is 5.75 Å². The monoisotopic (exact) mass is 484 g/mol. The number of nitrogens with two attached hydrogens (primary N) is 1. The molecule has 0 bridgehead atoms. The molecule has 0 spiro atoms. The van der Waals surface area contributed by atoms with Gasteiger partial charge in [-0.25, -0.2) is 8.78 Å². The average molecular weight is 485 g/mol. The van der Waals surface area contributed by atoms with Crippen LogP contribution in [0.4, 0.5) is 8.78 Å². The maximum atomic E-state index is 13.4. The smallest absolute Gasteiger partial charge is 0.270 e. The fourth-order valence-electron chi connectivity index (χ4n) is 4.77. The van der Waals surface area contributed by atoms with Crippen LogP contribution in [-0.2, 0) is 11.8 Å². The van der Waals surface area contributed by atoms with Crippen LogP contribution >= 0.6 is 12.4 Å². The Balaban J connectivity index is 0.00000306. The van der Waals surface area contributed by atoms with Gasteiger partial charge in [0.25, 0.3) is 5.91 Å². The Hall–Kier alpha value is -2.39. The van der Waals surface area contributed by atoms with Crippen LogP contribution < -0.4 is 10.5 Å². The Kier molecular flexibility index (Phi) is 7.53. The molecule has 2 aromatic rings. The molecule has 2 fully saturated rings. The Morgan fingerprint density at radius 1 is 1.09 bits per heavy atom. The van der Waals surface area contributed by atoms with Crippen molar-refractivity contribution in [2.24, 2.45) is 18.7 Å². The van der Waals surface area contributed by atoms with E-state index in [0.29, 0.717) is 31.9 Å². The first kappa shape index (κ1) is 25.2. The van der Waals surface area contributed by atoms with Crippen molar-refractivity contribution in [3.63, 3.8) is 0 Å². The van der Waals surface area contributed by atoms with Crippen LogP contribution in [0.2, 0.25) is 0 Å². The number of nitrogens with zero attached hydrogens (tertiary/aromatic N) is 3. The number of rotatable bonds is 4. The molecule has 1 aromatic heterocycles. The third-order valence-electron chi connectivity index (χ3n) is 6.91. The van der Waals surface area contributed by atoms with E-state index in [2.05, 4.69) is 0 Å². The lowest BCUT2D eigenvalue weighted by Gasteiger charge is -2.38. The molecule has 4 rings (SSSR count). The molecular formula is C23H31ClF2N4O3. The second-order valence-electron chi connectivity index (χ2n) is 8.85. The largest absolute Gasteiger partial charge is 0.497 e. The molecule has 1 saturated carbocycles. The van der Waals surface area contributed by atoms with Gasteiger partial charge in [0.2, 0.25) is 11.8 Å². The van der Waals surface area contributed by atoms with Gasteiger partial charge in [0.05, 0.1) is 18.7 Å². The van der Waals surface area contributed by atoms with Crippen molar-refractivity contribution in [3.05, 3.63) is 30.0 Å². The molecule has 1 aromatic carbocycles. The number of halogens is 3. The number of aromatic nitrogens is 1. The highest BCUT2D eigenvalue weighted by molar-refractivity contribution is 5.99. The number of carbonyl (C=O) groups is 2. The second kappa shape index (κ2) is 9.85. The first-order chi connectivity index (χ1) is 15.2. The summed E-state index contributed by atoms with van der Waals surface area (Å²) < 4.78 is 33.9. The number of carbonyl (C=O) groups excluding carboxylic acids is 2. The molecule has 2 amide bonds. The lowest BCUT2D eigenvalue weighted by Crippen LogP contribution is -2.56. The summed E-state index contributed by atoms with van der Waals surface area (Å²) in [6.07, 6.45) is 0.115. The number of benzene rings is 1. The quantitative estimate of drug-likeness (QED) is 0.723. The van der Waals surface area contributed by atoms with Crippen LogP contribution in [0.25, 0.3) is 10.9 Å². The van der Waals surface area contributed by atoms with E-state index in [1.54, 1.807) is 16.9 Å². The van der Waals surface area contributed by atoms with Crippen LogP contribution in [-0.4, -0.2) is 71.4 Å². The van der Waals surface area contributed by atoms with Gasteiger partial charge in [0.15, 0.2) is 0 Å². The fourth-order valence-corrected chi connectivity index (χ4v) is 4.77. The summed E-state index contributed by atoms with van der Waals surface area (Å²) in [7, 11) is 3.45. The van der Waals surface area contributed by atoms with Crippen LogP contribution in [0.1, 0.15) is 36.2 Å². The zero-order valence-corrected chi connectivity index (χ0v) is 19.7. The minimum Gasteiger partial charge on any atom is -0.497 e. The summed E-state index contributed by atoms with van der Waals surface area (Å²) >= 11 is 0. The summed E-state index contributed by atoms with van der Waals surface area (Å²) in [4.78, 5) is 29.4. The van der Waals surface area contributed by atoms with Crippen molar-refractivity contribution < 1.29 is 23.1 Å². The molecule has 0 unspecified atom stereocenters. The highest BCUT2D eigenvalue weighted by Gasteiger charge is 2.40. The van der Waals surface area contributed by atoms with Crippen molar-refractivity contribution in [1.29, 1.82) is 0 Å². The SMILES string of the molecule is COc1ccc2cc(C(=O)N3CCN(C(=O)[C@@H](N)C4CCC(F)(F)CC4)CC3)n(C)c2c1.Cl. The number of alkyl halides is 2. The minimum atomic E-state index is -2.64. The Labute approximate surface area is 198 Å². The normalized spacial score (nSPS) is 19.8. The number of fused-ring (bicyclic) bond motifs is 1. The molecule has 2 aliphatic rings. The summed E-state index contributed by atoms with van der Waals surface area (Å²) in [5.41, 5.74) is 7.64. The predicted molar refractivity (Wildman–Crippen MR) is 124 cm³/mol. The van der Waals surface area contributed by atoms with E-state index >= 15 is 0 Å².